The van der Waals surface area contributed by atoms with E-state index in [1.807, 2.05) is 12.1 Å². The number of rotatable bonds is 3. The summed E-state index contributed by atoms with van der Waals surface area (Å²) in [6.07, 6.45) is 3.92. The normalized spacial score (nSPS) is 17.6. The number of thioether (sulfide) groups is 1. The smallest absolute Gasteiger partial charge is 0.282 e. The monoisotopic (exact) mass is 247 g/mol. The van der Waals surface area contributed by atoms with Crippen molar-refractivity contribution in [2.45, 2.75) is 19.8 Å². The molecule has 1 aromatic carbocycles. The zero-order valence-electron chi connectivity index (χ0n) is 9.53. The van der Waals surface area contributed by atoms with Crippen molar-refractivity contribution in [2.75, 3.05) is 0 Å². The molecule has 1 saturated heterocycles. The van der Waals surface area contributed by atoms with Gasteiger partial charge in [-0.05, 0) is 35.4 Å². The lowest BCUT2D eigenvalue weighted by atomic mass is 10.1. The number of carbonyl (C=O) groups excluding carboxylic acids is 2. The van der Waals surface area contributed by atoms with Gasteiger partial charge in [-0.25, -0.2) is 0 Å². The highest BCUT2D eigenvalue weighted by Gasteiger charge is 2.24. The molecule has 0 radical (unpaired) electrons. The standard InChI is InChI=1S/C13H13NO2S/c1-2-3-9-4-6-10(7-5-9)8-11-12(15)14-13(16)17-11/h4-8H,2-3H2,1H3,(H,14,15,16)/b11-8-. The lowest BCUT2D eigenvalue weighted by Crippen LogP contribution is -2.17. The Labute approximate surface area is 104 Å². The van der Waals surface area contributed by atoms with Crippen molar-refractivity contribution in [1.82, 2.24) is 5.32 Å². The van der Waals surface area contributed by atoms with Gasteiger partial charge in [0.2, 0.25) is 0 Å². The van der Waals surface area contributed by atoms with E-state index in [0.717, 1.165) is 30.2 Å². The lowest BCUT2D eigenvalue weighted by molar-refractivity contribution is -0.115. The van der Waals surface area contributed by atoms with E-state index in [2.05, 4.69) is 24.4 Å². The molecule has 0 aliphatic carbocycles. The maximum atomic E-state index is 11.3. The number of aryl methyl sites for hydroxylation is 1. The van der Waals surface area contributed by atoms with Gasteiger partial charge in [0, 0.05) is 0 Å². The van der Waals surface area contributed by atoms with Crippen molar-refractivity contribution in [3.63, 3.8) is 0 Å². The molecule has 2 amide bonds. The van der Waals surface area contributed by atoms with Gasteiger partial charge in [-0.3, -0.25) is 14.9 Å². The Hall–Kier alpha value is -1.55. The van der Waals surface area contributed by atoms with E-state index in [-0.39, 0.29) is 11.1 Å². The van der Waals surface area contributed by atoms with Crippen molar-refractivity contribution < 1.29 is 9.59 Å². The topological polar surface area (TPSA) is 46.2 Å². The number of amides is 2. The van der Waals surface area contributed by atoms with Crippen LogP contribution in [0.5, 0.6) is 0 Å². The Kier molecular flexibility index (Phi) is 3.64. The molecule has 3 nitrogen and oxygen atoms in total. The van der Waals surface area contributed by atoms with Crippen LogP contribution >= 0.6 is 11.8 Å². The Morgan fingerprint density at radius 2 is 1.94 bits per heavy atom. The molecule has 0 unspecified atom stereocenters. The van der Waals surface area contributed by atoms with Crippen LogP contribution in [-0.4, -0.2) is 11.1 Å². The van der Waals surface area contributed by atoms with Gasteiger partial charge in [-0.2, -0.15) is 0 Å². The van der Waals surface area contributed by atoms with Crippen LogP contribution < -0.4 is 5.32 Å². The minimum absolute atomic E-state index is 0.302. The number of nitrogens with one attached hydrogen (secondary N) is 1. The second-order valence-electron chi connectivity index (χ2n) is 3.84. The molecule has 0 aromatic heterocycles. The first kappa shape index (κ1) is 11.9. The number of carbonyl (C=O) groups is 2. The molecule has 4 heteroatoms. The first-order valence-electron chi connectivity index (χ1n) is 5.53. The fraction of sp³-hybridized carbons (Fsp3) is 0.231. The van der Waals surface area contributed by atoms with E-state index in [9.17, 15) is 9.59 Å². The quantitative estimate of drug-likeness (QED) is 0.835. The van der Waals surface area contributed by atoms with Crippen molar-refractivity contribution in [3.05, 3.63) is 40.3 Å². The number of benzene rings is 1. The van der Waals surface area contributed by atoms with E-state index in [1.165, 1.54) is 5.56 Å². The predicted molar refractivity (Wildman–Crippen MR) is 69.5 cm³/mol. The first-order chi connectivity index (χ1) is 8.19. The molecule has 1 fully saturated rings. The SMILES string of the molecule is CCCc1ccc(/C=C2\SC(=O)NC2=O)cc1. The van der Waals surface area contributed by atoms with Crippen LogP contribution in [0.1, 0.15) is 24.5 Å². The molecule has 0 spiro atoms. The summed E-state index contributed by atoms with van der Waals surface area (Å²) in [6, 6.07) is 8.04. The molecule has 0 saturated carbocycles. The molecule has 88 valence electrons. The first-order valence-corrected chi connectivity index (χ1v) is 6.34. The van der Waals surface area contributed by atoms with Gasteiger partial charge in [0.15, 0.2) is 0 Å². The zero-order chi connectivity index (χ0) is 12.3. The maximum Gasteiger partial charge on any atom is 0.290 e. The summed E-state index contributed by atoms with van der Waals surface area (Å²) < 4.78 is 0. The average molecular weight is 247 g/mol. The molecule has 1 aliphatic heterocycles. The second-order valence-corrected chi connectivity index (χ2v) is 4.86. The lowest BCUT2D eigenvalue weighted by Gasteiger charge is -1.99. The predicted octanol–water partition coefficient (Wildman–Crippen LogP) is 2.96. The Morgan fingerprint density at radius 1 is 1.24 bits per heavy atom. The van der Waals surface area contributed by atoms with Gasteiger partial charge >= 0.3 is 0 Å². The average Bonchev–Trinajstić information content (AvgIpc) is 2.61. The number of imide groups is 1. The Morgan fingerprint density at radius 3 is 2.47 bits per heavy atom. The third-order valence-electron chi connectivity index (χ3n) is 2.46. The number of hydrogen-bond acceptors (Lipinski definition) is 3. The molecule has 1 aromatic rings. The highest BCUT2D eigenvalue weighted by Crippen LogP contribution is 2.25. The van der Waals surface area contributed by atoms with Crippen LogP contribution in [0.15, 0.2) is 29.2 Å². The van der Waals surface area contributed by atoms with E-state index in [0.29, 0.717) is 4.91 Å². The molecule has 1 aliphatic rings. The van der Waals surface area contributed by atoms with Crippen LogP contribution in [0.3, 0.4) is 0 Å². The maximum absolute atomic E-state index is 11.3. The van der Waals surface area contributed by atoms with E-state index in [4.69, 9.17) is 0 Å². The van der Waals surface area contributed by atoms with E-state index in [1.54, 1.807) is 6.08 Å². The van der Waals surface area contributed by atoms with Gasteiger partial charge in [0.1, 0.15) is 0 Å². The summed E-state index contributed by atoms with van der Waals surface area (Å²) in [4.78, 5) is 22.8. The molecule has 0 bridgehead atoms. The summed E-state index contributed by atoms with van der Waals surface area (Å²) in [6.45, 7) is 2.14. The third-order valence-corrected chi connectivity index (χ3v) is 3.27. The zero-order valence-corrected chi connectivity index (χ0v) is 10.3. The second kappa shape index (κ2) is 5.19. The summed E-state index contributed by atoms with van der Waals surface area (Å²) >= 11 is 0.944. The van der Waals surface area contributed by atoms with Crippen molar-refractivity contribution in [3.8, 4) is 0 Å². The molecule has 1 N–H and O–H groups in total. The number of hydrogen-bond donors (Lipinski definition) is 1. The molecular weight excluding hydrogens is 234 g/mol. The van der Waals surface area contributed by atoms with E-state index < -0.39 is 0 Å². The van der Waals surface area contributed by atoms with Gasteiger partial charge < -0.3 is 0 Å². The summed E-state index contributed by atoms with van der Waals surface area (Å²) in [5.74, 6) is -0.308. The fourth-order valence-corrected chi connectivity index (χ4v) is 2.32. The highest BCUT2D eigenvalue weighted by atomic mass is 32.2. The van der Waals surface area contributed by atoms with Crippen LogP contribution in [0.2, 0.25) is 0 Å². The minimum Gasteiger partial charge on any atom is -0.282 e. The summed E-state index contributed by atoms with van der Waals surface area (Å²) in [5, 5.41) is 1.93. The molecule has 0 atom stereocenters. The van der Waals surface area contributed by atoms with Crippen molar-refractivity contribution in [2.24, 2.45) is 0 Å². The molecular formula is C13H13NO2S. The van der Waals surface area contributed by atoms with Crippen LogP contribution in [0, 0.1) is 0 Å². The minimum atomic E-state index is -0.308. The molecule has 17 heavy (non-hydrogen) atoms. The summed E-state index contributed by atoms with van der Waals surface area (Å²) in [7, 11) is 0. The summed E-state index contributed by atoms with van der Waals surface area (Å²) in [5.41, 5.74) is 2.23. The van der Waals surface area contributed by atoms with E-state index >= 15 is 0 Å². The van der Waals surface area contributed by atoms with Crippen LogP contribution in [0.25, 0.3) is 6.08 Å². The van der Waals surface area contributed by atoms with Gasteiger partial charge in [0.25, 0.3) is 11.1 Å². The Balaban J connectivity index is 2.16. The van der Waals surface area contributed by atoms with Crippen molar-refractivity contribution >= 4 is 29.0 Å². The fourth-order valence-electron chi connectivity index (χ4n) is 1.64. The Bertz CT molecular complexity index is 477. The molecule has 2 rings (SSSR count). The highest BCUT2D eigenvalue weighted by molar-refractivity contribution is 8.18. The largest absolute Gasteiger partial charge is 0.290 e. The van der Waals surface area contributed by atoms with Crippen LogP contribution in [0.4, 0.5) is 4.79 Å². The van der Waals surface area contributed by atoms with Crippen molar-refractivity contribution in [1.29, 1.82) is 0 Å². The van der Waals surface area contributed by atoms with Gasteiger partial charge in [-0.15, -0.1) is 0 Å². The van der Waals surface area contributed by atoms with Gasteiger partial charge in [0.05, 0.1) is 4.91 Å². The third kappa shape index (κ3) is 2.97. The van der Waals surface area contributed by atoms with Gasteiger partial charge in [-0.1, -0.05) is 37.6 Å². The molecule has 1 heterocycles. The van der Waals surface area contributed by atoms with Crippen LogP contribution in [-0.2, 0) is 11.2 Å².